The zero-order valence-corrected chi connectivity index (χ0v) is 12.2. The Hall–Kier alpha value is -0.900. The Morgan fingerprint density at radius 2 is 1.79 bits per heavy atom. The average Bonchev–Trinajstić information content (AvgIpc) is 2.47. The summed E-state index contributed by atoms with van der Waals surface area (Å²) in [6.45, 7) is 6.35. The van der Waals surface area contributed by atoms with E-state index in [4.69, 9.17) is 15.2 Å². The van der Waals surface area contributed by atoms with Crippen molar-refractivity contribution in [2.75, 3.05) is 19.8 Å². The van der Waals surface area contributed by atoms with E-state index in [1.807, 2.05) is 18.2 Å². The van der Waals surface area contributed by atoms with Crippen LogP contribution in [0.2, 0.25) is 0 Å². The lowest BCUT2D eigenvalue weighted by atomic mass is 10.0. The molecule has 0 bridgehead atoms. The van der Waals surface area contributed by atoms with Crippen LogP contribution in [0.15, 0.2) is 30.3 Å². The van der Waals surface area contributed by atoms with Gasteiger partial charge in [0.2, 0.25) is 0 Å². The second-order valence-electron chi connectivity index (χ2n) is 4.72. The Morgan fingerprint density at radius 1 is 1.05 bits per heavy atom. The zero-order chi connectivity index (χ0) is 13.9. The summed E-state index contributed by atoms with van der Waals surface area (Å²) in [4.78, 5) is 0. The molecule has 0 saturated heterocycles. The molecule has 3 nitrogen and oxygen atoms in total. The fourth-order valence-electron chi connectivity index (χ4n) is 1.97. The van der Waals surface area contributed by atoms with Gasteiger partial charge in [-0.25, -0.2) is 0 Å². The van der Waals surface area contributed by atoms with Crippen LogP contribution in [-0.4, -0.2) is 25.9 Å². The molecule has 2 unspecified atom stereocenters. The second kappa shape index (κ2) is 9.96. The average molecular weight is 265 g/mol. The van der Waals surface area contributed by atoms with Crippen LogP contribution in [-0.2, 0) is 9.47 Å². The first kappa shape index (κ1) is 16.2. The summed E-state index contributed by atoms with van der Waals surface area (Å²) in [5.74, 6) is 0. The quantitative estimate of drug-likeness (QED) is 0.660. The normalized spacial score (nSPS) is 14.3. The third-order valence-electron chi connectivity index (χ3n) is 3.19. The van der Waals surface area contributed by atoms with Crippen LogP contribution < -0.4 is 5.73 Å². The van der Waals surface area contributed by atoms with Gasteiger partial charge in [-0.3, -0.25) is 0 Å². The molecule has 0 saturated carbocycles. The van der Waals surface area contributed by atoms with Crippen LogP contribution in [0.25, 0.3) is 0 Å². The SMILES string of the molecule is CCCCOCCOC(CC)C(N)c1ccccc1. The highest BCUT2D eigenvalue weighted by Gasteiger charge is 2.17. The summed E-state index contributed by atoms with van der Waals surface area (Å²) < 4.78 is 11.3. The van der Waals surface area contributed by atoms with Gasteiger partial charge in [0.05, 0.1) is 25.4 Å². The van der Waals surface area contributed by atoms with E-state index in [2.05, 4.69) is 26.0 Å². The minimum Gasteiger partial charge on any atom is -0.379 e. The Morgan fingerprint density at radius 3 is 2.42 bits per heavy atom. The molecular formula is C16H27NO2. The Labute approximate surface area is 117 Å². The van der Waals surface area contributed by atoms with Crippen LogP contribution in [0.3, 0.4) is 0 Å². The highest BCUT2D eigenvalue weighted by Crippen LogP contribution is 2.18. The summed E-state index contributed by atoms with van der Waals surface area (Å²) in [7, 11) is 0. The lowest BCUT2D eigenvalue weighted by Crippen LogP contribution is -2.29. The molecule has 0 aliphatic rings. The van der Waals surface area contributed by atoms with E-state index in [1.165, 1.54) is 0 Å². The van der Waals surface area contributed by atoms with Crippen LogP contribution in [0.5, 0.6) is 0 Å². The van der Waals surface area contributed by atoms with Crippen molar-refractivity contribution in [1.82, 2.24) is 0 Å². The van der Waals surface area contributed by atoms with Gasteiger partial charge in [0.25, 0.3) is 0 Å². The van der Waals surface area contributed by atoms with Gasteiger partial charge in [-0.2, -0.15) is 0 Å². The van der Waals surface area contributed by atoms with E-state index in [-0.39, 0.29) is 12.1 Å². The number of hydrogen-bond acceptors (Lipinski definition) is 3. The molecule has 0 radical (unpaired) electrons. The van der Waals surface area contributed by atoms with Gasteiger partial charge < -0.3 is 15.2 Å². The molecule has 0 heterocycles. The maximum Gasteiger partial charge on any atom is 0.0766 e. The number of ether oxygens (including phenoxy) is 2. The molecule has 0 aliphatic heterocycles. The van der Waals surface area contributed by atoms with Gasteiger partial charge in [-0.15, -0.1) is 0 Å². The molecule has 19 heavy (non-hydrogen) atoms. The molecule has 1 rings (SSSR count). The third kappa shape index (κ3) is 6.19. The fourth-order valence-corrected chi connectivity index (χ4v) is 1.97. The van der Waals surface area contributed by atoms with Crippen molar-refractivity contribution in [3.8, 4) is 0 Å². The van der Waals surface area contributed by atoms with E-state index in [0.717, 1.165) is 31.4 Å². The smallest absolute Gasteiger partial charge is 0.0766 e. The highest BCUT2D eigenvalue weighted by atomic mass is 16.5. The van der Waals surface area contributed by atoms with E-state index >= 15 is 0 Å². The Balaban J connectivity index is 2.29. The second-order valence-corrected chi connectivity index (χ2v) is 4.72. The molecule has 1 aromatic carbocycles. The van der Waals surface area contributed by atoms with E-state index in [0.29, 0.717) is 13.2 Å². The Bertz CT molecular complexity index is 316. The zero-order valence-electron chi connectivity index (χ0n) is 12.2. The lowest BCUT2D eigenvalue weighted by molar-refractivity contribution is -0.00825. The van der Waals surface area contributed by atoms with Crippen molar-refractivity contribution in [1.29, 1.82) is 0 Å². The number of benzene rings is 1. The van der Waals surface area contributed by atoms with E-state index in [9.17, 15) is 0 Å². The van der Waals surface area contributed by atoms with Gasteiger partial charge in [0.15, 0.2) is 0 Å². The molecule has 0 fully saturated rings. The van der Waals surface area contributed by atoms with Gasteiger partial charge >= 0.3 is 0 Å². The molecular weight excluding hydrogens is 238 g/mol. The van der Waals surface area contributed by atoms with Crippen LogP contribution >= 0.6 is 0 Å². The molecule has 0 spiro atoms. The summed E-state index contributed by atoms with van der Waals surface area (Å²) in [6.07, 6.45) is 3.24. The Kier molecular flexibility index (Phi) is 8.47. The fraction of sp³-hybridized carbons (Fsp3) is 0.625. The number of rotatable bonds is 10. The molecule has 1 aromatic rings. The standard InChI is InChI=1S/C16H27NO2/c1-3-5-11-18-12-13-19-15(4-2)16(17)14-9-7-6-8-10-14/h6-10,15-16H,3-5,11-13,17H2,1-2H3. The van der Waals surface area contributed by atoms with Crippen molar-refractivity contribution in [2.24, 2.45) is 5.73 Å². The van der Waals surface area contributed by atoms with Crippen molar-refractivity contribution in [2.45, 2.75) is 45.3 Å². The van der Waals surface area contributed by atoms with Crippen molar-refractivity contribution in [3.05, 3.63) is 35.9 Å². The number of nitrogens with two attached hydrogens (primary N) is 1. The molecule has 0 aromatic heterocycles. The third-order valence-corrected chi connectivity index (χ3v) is 3.19. The predicted molar refractivity (Wildman–Crippen MR) is 79.1 cm³/mol. The topological polar surface area (TPSA) is 44.5 Å². The summed E-state index contributed by atoms with van der Waals surface area (Å²) in [5.41, 5.74) is 7.37. The molecule has 0 aliphatic carbocycles. The van der Waals surface area contributed by atoms with E-state index < -0.39 is 0 Å². The molecule has 2 N–H and O–H groups in total. The first-order valence-electron chi connectivity index (χ1n) is 7.29. The van der Waals surface area contributed by atoms with Crippen molar-refractivity contribution in [3.63, 3.8) is 0 Å². The lowest BCUT2D eigenvalue weighted by Gasteiger charge is -2.23. The largest absolute Gasteiger partial charge is 0.379 e. The van der Waals surface area contributed by atoms with Crippen LogP contribution in [0.4, 0.5) is 0 Å². The highest BCUT2D eigenvalue weighted by molar-refractivity contribution is 5.19. The molecule has 2 atom stereocenters. The molecule has 3 heteroatoms. The van der Waals surface area contributed by atoms with Crippen molar-refractivity contribution < 1.29 is 9.47 Å². The maximum atomic E-state index is 6.25. The minimum atomic E-state index is -0.0677. The van der Waals surface area contributed by atoms with Crippen LogP contribution in [0.1, 0.15) is 44.7 Å². The van der Waals surface area contributed by atoms with Crippen LogP contribution in [0, 0.1) is 0 Å². The first-order chi connectivity index (χ1) is 9.29. The van der Waals surface area contributed by atoms with E-state index in [1.54, 1.807) is 0 Å². The van der Waals surface area contributed by atoms with Gasteiger partial charge in [-0.05, 0) is 18.4 Å². The summed E-state index contributed by atoms with van der Waals surface area (Å²) in [5, 5.41) is 0. The van der Waals surface area contributed by atoms with Gasteiger partial charge in [0, 0.05) is 6.61 Å². The predicted octanol–water partition coefficient (Wildman–Crippen LogP) is 3.30. The van der Waals surface area contributed by atoms with Crippen molar-refractivity contribution >= 4 is 0 Å². The number of unbranched alkanes of at least 4 members (excludes halogenated alkanes) is 1. The first-order valence-corrected chi connectivity index (χ1v) is 7.29. The number of hydrogen-bond donors (Lipinski definition) is 1. The molecule has 0 amide bonds. The maximum absolute atomic E-state index is 6.25. The summed E-state index contributed by atoms with van der Waals surface area (Å²) in [6, 6.07) is 10.1. The van der Waals surface area contributed by atoms with Gasteiger partial charge in [0.1, 0.15) is 0 Å². The minimum absolute atomic E-state index is 0.0529. The molecule has 108 valence electrons. The monoisotopic (exact) mass is 265 g/mol. The van der Waals surface area contributed by atoms with Gasteiger partial charge in [-0.1, -0.05) is 50.6 Å². The summed E-state index contributed by atoms with van der Waals surface area (Å²) >= 11 is 0.